The van der Waals surface area contributed by atoms with Crippen LogP contribution in [0, 0.1) is 0 Å². The van der Waals surface area contributed by atoms with Crippen molar-refractivity contribution in [1.82, 2.24) is 0 Å². The molecule has 0 N–H and O–H groups in total. The Morgan fingerprint density at radius 2 is 0.623 bits per heavy atom. The first-order valence-electron chi connectivity index (χ1n) is 26.7. The van der Waals surface area contributed by atoms with Crippen molar-refractivity contribution in [2.24, 2.45) is 0 Å². The molecule has 77 heavy (non-hydrogen) atoms. The van der Waals surface area contributed by atoms with Gasteiger partial charge in [0, 0.05) is 79.3 Å². The Bertz CT molecular complexity index is 4220. The minimum absolute atomic E-state index is 0.0839. The third-order valence-corrected chi connectivity index (χ3v) is 16.3. The van der Waals surface area contributed by atoms with E-state index in [9.17, 15) is 0 Å². The molecule has 0 unspecified atom stereocenters. The molecule has 12 aromatic rings. The Hall–Kier alpha value is -9.97. The third-order valence-electron chi connectivity index (χ3n) is 16.3. The molecule has 358 valence electrons. The Balaban J connectivity index is 1.04. The van der Waals surface area contributed by atoms with E-state index in [-0.39, 0.29) is 13.4 Å². The predicted octanol–water partition coefficient (Wildman–Crippen LogP) is 14.5. The van der Waals surface area contributed by atoms with E-state index in [4.69, 9.17) is 0 Å². The highest BCUT2D eigenvalue weighted by atomic mass is 15.2. The van der Waals surface area contributed by atoms with Gasteiger partial charge in [0.1, 0.15) is 0 Å². The molecule has 0 saturated heterocycles. The van der Waals surface area contributed by atoms with Gasteiger partial charge in [-0.3, -0.25) is 0 Å². The van der Waals surface area contributed by atoms with E-state index in [1.54, 1.807) is 0 Å². The fraction of sp³-hybridized carbons (Fsp3) is 0. The molecule has 4 aliphatic heterocycles. The molecule has 0 atom stereocenters. The maximum atomic E-state index is 2.62. The first-order valence-corrected chi connectivity index (χ1v) is 26.7. The van der Waals surface area contributed by atoms with E-state index in [1.165, 1.54) is 72.0 Å². The van der Waals surface area contributed by atoms with Gasteiger partial charge < -0.3 is 24.5 Å². The molecule has 7 heteroatoms. The van der Waals surface area contributed by atoms with E-state index in [0.717, 1.165) is 56.9 Å². The van der Waals surface area contributed by atoms with Gasteiger partial charge in [0.25, 0.3) is 13.4 Å². The number of anilines is 15. The second kappa shape index (κ2) is 17.3. The molecular weight excluding hydrogens is 932 g/mol. The predicted molar refractivity (Wildman–Crippen MR) is 327 cm³/mol. The van der Waals surface area contributed by atoms with E-state index >= 15 is 0 Å². The number of hydrogen-bond donors (Lipinski definition) is 0. The zero-order chi connectivity index (χ0) is 50.6. The molecule has 4 heterocycles. The highest BCUT2D eigenvalue weighted by Gasteiger charge is 2.49. The second-order valence-electron chi connectivity index (χ2n) is 20.4. The Kier molecular flexibility index (Phi) is 9.76. The summed E-state index contributed by atoms with van der Waals surface area (Å²) >= 11 is 0. The van der Waals surface area contributed by atoms with Crippen molar-refractivity contribution in [1.29, 1.82) is 0 Å². The van der Waals surface area contributed by atoms with E-state index in [2.05, 4.69) is 310 Å². The van der Waals surface area contributed by atoms with Crippen LogP contribution in [-0.2, 0) is 0 Å². The lowest BCUT2D eigenvalue weighted by atomic mass is 9.30. The Morgan fingerprint density at radius 1 is 0.247 bits per heavy atom. The lowest BCUT2D eigenvalue weighted by molar-refractivity contribution is 1.22. The highest BCUT2D eigenvalue weighted by Crippen LogP contribution is 2.51. The molecule has 16 rings (SSSR count). The number of para-hydroxylation sites is 8. The zero-order valence-electron chi connectivity index (χ0n) is 42.0. The number of hydrogen-bond acceptors (Lipinski definition) is 5. The van der Waals surface area contributed by atoms with Gasteiger partial charge in [-0.05, 0) is 147 Å². The number of rotatable bonds is 7. The second-order valence-corrected chi connectivity index (χ2v) is 20.4. The van der Waals surface area contributed by atoms with Crippen molar-refractivity contribution < 1.29 is 0 Å². The molecule has 0 aromatic heterocycles. The zero-order valence-corrected chi connectivity index (χ0v) is 42.0. The van der Waals surface area contributed by atoms with Crippen molar-refractivity contribution in [3.05, 3.63) is 285 Å². The van der Waals surface area contributed by atoms with Crippen molar-refractivity contribution in [2.45, 2.75) is 0 Å². The van der Waals surface area contributed by atoms with Crippen molar-refractivity contribution >= 4 is 142 Å². The molecule has 4 aliphatic rings. The fourth-order valence-corrected chi connectivity index (χ4v) is 13.3. The van der Waals surface area contributed by atoms with E-state index in [0.29, 0.717) is 0 Å². The summed E-state index contributed by atoms with van der Waals surface area (Å²) in [6.07, 6.45) is 0. The van der Waals surface area contributed by atoms with Crippen molar-refractivity contribution in [3.63, 3.8) is 0 Å². The van der Waals surface area contributed by atoms with Crippen LogP contribution in [0.15, 0.2) is 285 Å². The van der Waals surface area contributed by atoms with Gasteiger partial charge in [0.05, 0.1) is 11.4 Å². The van der Waals surface area contributed by atoms with Crippen molar-refractivity contribution in [2.75, 3.05) is 24.5 Å². The molecule has 0 radical (unpaired) electrons. The molecule has 0 fully saturated rings. The van der Waals surface area contributed by atoms with Gasteiger partial charge in [-0.2, -0.15) is 0 Å². The SMILES string of the molecule is c1ccc(N(c2ccccc2)c2cc3c4c(c2)N(c2ccccc2)c2cc5c(cc2B4c2ccccc2N3c2ccccc2)B2c3ccccc3N(c3ccccc3)c3cc4ccccc4c(c32)N5c2ccccc2)cc1. The number of nitrogens with zero attached hydrogens (tertiary/aromatic N) is 5. The third kappa shape index (κ3) is 6.57. The molecule has 12 aromatic carbocycles. The molecule has 0 saturated carbocycles. The summed E-state index contributed by atoms with van der Waals surface area (Å²) in [7, 11) is 0. The molecule has 0 spiro atoms. The molecule has 0 aliphatic carbocycles. The van der Waals surface area contributed by atoms with E-state index < -0.39 is 0 Å². The van der Waals surface area contributed by atoms with Crippen LogP contribution in [0.25, 0.3) is 10.8 Å². The Morgan fingerprint density at radius 3 is 1.13 bits per heavy atom. The van der Waals surface area contributed by atoms with Crippen LogP contribution in [0.1, 0.15) is 0 Å². The van der Waals surface area contributed by atoms with Crippen molar-refractivity contribution in [3.8, 4) is 0 Å². The lowest BCUT2D eigenvalue weighted by Gasteiger charge is -2.47. The van der Waals surface area contributed by atoms with Gasteiger partial charge in [-0.25, -0.2) is 0 Å². The van der Waals surface area contributed by atoms with Gasteiger partial charge in [-0.1, -0.05) is 176 Å². The highest BCUT2D eigenvalue weighted by molar-refractivity contribution is 7.03. The minimum Gasteiger partial charge on any atom is -0.311 e. The van der Waals surface area contributed by atoms with Gasteiger partial charge in [0.2, 0.25) is 0 Å². The monoisotopic (exact) mass is 979 g/mol. The normalized spacial score (nSPS) is 13.3. The molecular formula is C70H47B2N5. The van der Waals surface area contributed by atoms with Crippen LogP contribution >= 0.6 is 0 Å². The average molecular weight is 980 g/mol. The minimum atomic E-state index is -0.116. The first-order chi connectivity index (χ1) is 38.3. The maximum absolute atomic E-state index is 2.62. The summed E-state index contributed by atoms with van der Waals surface area (Å²) in [5, 5.41) is 2.42. The quantitative estimate of drug-likeness (QED) is 0.148. The van der Waals surface area contributed by atoms with Crippen LogP contribution in [0.4, 0.5) is 85.3 Å². The van der Waals surface area contributed by atoms with Crippen LogP contribution in [-0.4, -0.2) is 13.4 Å². The topological polar surface area (TPSA) is 16.2 Å². The average Bonchev–Trinajstić information content (AvgIpc) is 3.68. The number of fused-ring (bicyclic) bond motifs is 10. The summed E-state index contributed by atoms with van der Waals surface area (Å²) in [5.74, 6) is 0. The summed E-state index contributed by atoms with van der Waals surface area (Å²) in [6.45, 7) is -0.200. The summed E-state index contributed by atoms with van der Waals surface area (Å²) in [4.78, 5) is 12.6. The van der Waals surface area contributed by atoms with Crippen LogP contribution in [0.5, 0.6) is 0 Å². The van der Waals surface area contributed by atoms with Crippen LogP contribution in [0.2, 0.25) is 0 Å². The Labute approximate surface area is 449 Å². The molecule has 5 nitrogen and oxygen atoms in total. The smallest absolute Gasteiger partial charge is 0.252 e. The van der Waals surface area contributed by atoms with Gasteiger partial charge in [0.15, 0.2) is 0 Å². The molecule has 0 bridgehead atoms. The van der Waals surface area contributed by atoms with Gasteiger partial charge >= 0.3 is 0 Å². The van der Waals surface area contributed by atoms with E-state index in [1.807, 2.05) is 0 Å². The summed E-state index contributed by atoms with van der Waals surface area (Å²) < 4.78 is 0. The first kappa shape index (κ1) is 43.4. The van der Waals surface area contributed by atoms with Crippen LogP contribution in [0.3, 0.4) is 0 Å². The molecule has 0 amide bonds. The standard InChI is InChI=1S/C70H47B2N5/c1-7-26-49(27-8-1)73(50-28-9-2-10-29-50)55-44-66-68-67(45-55)76(53-34-15-5-16-35-53)63-47-64-60(46-59(63)71(68)57-39-21-23-41-61(57)75(66)52-32-13-4-14-33-52)72-58-40-22-24-42-62(58)74(51-30-11-3-12-31-51)65-43-48-25-19-20-38-56(48)70(69(65)72)77(64)54-36-17-6-18-37-54/h1-47H. The largest absolute Gasteiger partial charge is 0.311 e. The lowest BCUT2D eigenvalue weighted by Crippen LogP contribution is -2.65. The van der Waals surface area contributed by atoms with Gasteiger partial charge in [-0.15, -0.1) is 0 Å². The van der Waals surface area contributed by atoms with Crippen LogP contribution < -0.4 is 57.3 Å². The fourth-order valence-electron chi connectivity index (χ4n) is 13.3. The summed E-state index contributed by atoms with van der Waals surface area (Å²) in [5.41, 5.74) is 24.8. The maximum Gasteiger partial charge on any atom is 0.252 e. The summed E-state index contributed by atoms with van der Waals surface area (Å²) in [6, 6.07) is 105. The number of benzene rings is 12.